The standard InChI is InChI=1S/C17H11BrFNO3/c18-12-6-7-15(19)14(8-12)17(21)22-10-13-9-16(23-20-13)11-4-2-1-3-5-11/h1-9H,10H2. The van der Waals surface area contributed by atoms with Crippen LogP contribution in [0.1, 0.15) is 16.1 Å². The summed E-state index contributed by atoms with van der Waals surface area (Å²) in [5.41, 5.74) is 1.19. The topological polar surface area (TPSA) is 52.3 Å². The molecule has 3 aromatic rings. The Morgan fingerprint density at radius 1 is 1.17 bits per heavy atom. The summed E-state index contributed by atoms with van der Waals surface area (Å²) >= 11 is 3.19. The van der Waals surface area contributed by atoms with Crippen molar-refractivity contribution in [3.63, 3.8) is 0 Å². The molecular weight excluding hydrogens is 365 g/mol. The summed E-state index contributed by atoms with van der Waals surface area (Å²) in [5.74, 6) is -0.818. The first kappa shape index (κ1) is 15.4. The zero-order chi connectivity index (χ0) is 16.2. The molecule has 0 atom stereocenters. The molecule has 2 aromatic carbocycles. The van der Waals surface area contributed by atoms with Crippen molar-refractivity contribution in [2.24, 2.45) is 0 Å². The van der Waals surface area contributed by atoms with Crippen LogP contribution in [-0.2, 0) is 11.3 Å². The quantitative estimate of drug-likeness (QED) is 0.625. The third-order valence-corrected chi connectivity index (χ3v) is 3.61. The summed E-state index contributed by atoms with van der Waals surface area (Å²) < 4.78 is 24.5. The van der Waals surface area contributed by atoms with Gasteiger partial charge in [0.2, 0.25) is 0 Å². The van der Waals surface area contributed by atoms with Crippen molar-refractivity contribution in [2.45, 2.75) is 6.61 Å². The first-order valence-corrected chi connectivity index (χ1v) is 7.56. The van der Waals surface area contributed by atoms with E-state index < -0.39 is 11.8 Å². The van der Waals surface area contributed by atoms with Gasteiger partial charge in [-0.1, -0.05) is 51.4 Å². The number of halogens is 2. The van der Waals surface area contributed by atoms with Gasteiger partial charge in [-0.05, 0) is 18.2 Å². The Morgan fingerprint density at radius 3 is 2.74 bits per heavy atom. The van der Waals surface area contributed by atoms with Gasteiger partial charge < -0.3 is 9.26 Å². The lowest BCUT2D eigenvalue weighted by Gasteiger charge is -2.04. The fourth-order valence-electron chi connectivity index (χ4n) is 1.99. The number of aromatic nitrogens is 1. The number of ether oxygens (including phenoxy) is 1. The van der Waals surface area contributed by atoms with Crippen molar-refractivity contribution in [2.75, 3.05) is 0 Å². The summed E-state index contributed by atoms with van der Waals surface area (Å²) in [6.45, 7) is -0.0961. The van der Waals surface area contributed by atoms with Gasteiger partial charge in [-0.15, -0.1) is 0 Å². The predicted molar refractivity (Wildman–Crippen MR) is 85.2 cm³/mol. The number of hydrogen-bond acceptors (Lipinski definition) is 4. The van der Waals surface area contributed by atoms with Gasteiger partial charge in [0.1, 0.15) is 18.1 Å². The maximum Gasteiger partial charge on any atom is 0.341 e. The molecule has 1 heterocycles. The first-order valence-electron chi connectivity index (χ1n) is 6.76. The molecule has 116 valence electrons. The molecule has 0 bridgehead atoms. The Kier molecular flexibility index (Phi) is 4.52. The molecule has 6 heteroatoms. The van der Waals surface area contributed by atoms with Crippen LogP contribution < -0.4 is 0 Å². The number of rotatable bonds is 4. The second kappa shape index (κ2) is 6.75. The van der Waals surface area contributed by atoms with E-state index in [9.17, 15) is 9.18 Å². The minimum Gasteiger partial charge on any atom is -0.455 e. The Bertz CT molecular complexity index is 833. The van der Waals surface area contributed by atoms with E-state index in [4.69, 9.17) is 9.26 Å². The van der Waals surface area contributed by atoms with Crippen LogP contribution in [0, 0.1) is 5.82 Å². The lowest BCUT2D eigenvalue weighted by molar-refractivity contribution is 0.0459. The molecule has 0 aliphatic rings. The highest BCUT2D eigenvalue weighted by molar-refractivity contribution is 9.10. The molecule has 3 rings (SSSR count). The smallest absolute Gasteiger partial charge is 0.341 e. The average Bonchev–Trinajstić information content (AvgIpc) is 3.05. The molecule has 0 saturated carbocycles. The average molecular weight is 376 g/mol. The molecule has 1 aromatic heterocycles. The molecule has 0 N–H and O–H groups in total. The van der Waals surface area contributed by atoms with Crippen molar-refractivity contribution >= 4 is 21.9 Å². The summed E-state index contributed by atoms with van der Waals surface area (Å²) in [6.07, 6.45) is 0. The zero-order valence-electron chi connectivity index (χ0n) is 11.8. The van der Waals surface area contributed by atoms with Gasteiger partial charge in [-0.25, -0.2) is 9.18 Å². The van der Waals surface area contributed by atoms with Gasteiger partial charge in [0.15, 0.2) is 5.76 Å². The number of nitrogens with zero attached hydrogens (tertiary/aromatic N) is 1. The van der Waals surface area contributed by atoms with E-state index in [1.54, 1.807) is 6.07 Å². The van der Waals surface area contributed by atoms with Crippen LogP contribution >= 0.6 is 15.9 Å². The second-order valence-corrected chi connectivity index (χ2v) is 5.66. The molecule has 0 fully saturated rings. The van der Waals surface area contributed by atoms with Crippen molar-refractivity contribution in [1.82, 2.24) is 5.16 Å². The van der Waals surface area contributed by atoms with Crippen LogP contribution in [0.4, 0.5) is 4.39 Å². The third kappa shape index (κ3) is 3.65. The van der Waals surface area contributed by atoms with E-state index in [-0.39, 0.29) is 12.2 Å². The molecule has 0 saturated heterocycles. The molecule has 0 radical (unpaired) electrons. The number of esters is 1. The Balaban J connectivity index is 1.68. The van der Waals surface area contributed by atoms with Crippen LogP contribution in [-0.4, -0.2) is 11.1 Å². The van der Waals surface area contributed by atoms with Crippen LogP contribution in [0.5, 0.6) is 0 Å². The lowest BCUT2D eigenvalue weighted by Crippen LogP contribution is -2.07. The normalized spacial score (nSPS) is 10.5. The van der Waals surface area contributed by atoms with E-state index in [1.165, 1.54) is 18.2 Å². The first-order chi connectivity index (χ1) is 11.1. The highest BCUT2D eigenvalue weighted by atomic mass is 79.9. The SMILES string of the molecule is O=C(OCc1cc(-c2ccccc2)on1)c1cc(Br)ccc1F. The summed E-state index contributed by atoms with van der Waals surface area (Å²) in [7, 11) is 0. The van der Waals surface area contributed by atoms with E-state index >= 15 is 0 Å². The summed E-state index contributed by atoms with van der Waals surface area (Å²) in [5, 5.41) is 3.84. The molecule has 4 nitrogen and oxygen atoms in total. The largest absolute Gasteiger partial charge is 0.455 e. The second-order valence-electron chi connectivity index (χ2n) is 4.75. The van der Waals surface area contributed by atoms with Crippen LogP contribution in [0.3, 0.4) is 0 Å². The molecule has 0 aliphatic heterocycles. The maximum atomic E-state index is 13.6. The molecule has 23 heavy (non-hydrogen) atoms. The Labute approximate surface area is 140 Å². The minimum atomic E-state index is -0.756. The molecule has 0 unspecified atom stereocenters. The highest BCUT2D eigenvalue weighted by Gasteiger charge is 2.15. The summed E-state index contributed by atoms with van der Waals surface area (Å²) in [6, 6.07) is 15.2. The van der Waals surface area contributed by atoms with Gasteiger partial charge >= 0.3 is 5.97 Å². The predicted octanol–water partition coefficient (Wildman–Crippen LogP) is 4.60. The third-order valence-electron chi connectivity index (χ3n) is 3.12. The van der Waals surface area contributed by atoms with Crippen LogP contribution in [0.25, 0.3) is 11.3 Å². The van der Waals surface area contributed by atoms with Crippen molar-refractivity contribution in [1.29, 1.82) is 0 Å². The lowest BCUT2D eigenvalue weighted by atomic mass is 10.2. The minimum absolute atomic E-state index is 0.0961. The van der Waals surface area contributed by atoms with Gasteiger partial charge in [0, 0.05) is 16.1 Å². The van der Waals surface area contributed by atoms with Crippen LogP contribution in [0.15, 0.2) is 63.6 Å². The van der Waals surface area contributed by atoms with Gasteiger partial charge in [-0.3, -0.25) is 0 Å². The number of carbonyl (C=O) groups is 1. The monoisotopic (exact) mass is 375 g/mol. The van der Waals surface area contributed by atoms with Gasteiger partial charge in [0.25, 0.3) is 0 Å². The van der Waals surface area contributed by atoms with Crippen molar-refractivity contribution in [3.8, 4) is 11.3 Å². The fraction of sp³-hybridized carbons (Fsp3) is 0.0588. The molecule has 0 aliphatic carbocycles. The Morgan fingerprint density at radius 2 is 1.96 bits per heavy atom. The van der Waals surface area contributed by atoms with Crippen LogP contribution in [0.2, 0.25) is 0 Å². The molecule has 0 amide bonds. The van der Waals surface area contributed by atoms with E-state index in [0.29, 0.717) is 15.9 Å². The maximum absolute atomic E-state index is 13.6. The van der Waals surface area contributed by atoms with Gasteiger partial charge in [0.05, 0.1) is 5.56 Å². The number of hydrogen-bond donors (Lipinski definition) is 0. The van der Waals surface area contributed by atoms with Crippen molar-refractivity contribution < 1.29 is 18.4 Å². The van der Waals surface area contributed by atoms with E-state index in [1.807, 2.05) is 30.3 Å². The highest BCUT2D eigenvalue weighted by Crippen LogP contribution is 2.21. The van der Waals surface area contributed by atoms with E-state index in [0.717, 1.165) is 5.56 Å². The van der Waals surface area contributed by atoms with Crippen molar-refractivity contribution in [3.05, 3.63) is 76.1 Å². The summed E-state index contributed by atoms with van der Waals surface area (Å²) in [4.78, 5) is 11.9. The number of carbonyl (C=O) groups excluding carboxylic acids is 1. The van der Waals surface area contributed by atoms with E-state index in [2.05, 4.69) is 21.1 Å². The molecular formula is C17H11BrFNO3. The fourth-order valence-corrected chi connectivity index (χ4v) is 2.35. The Hall–Kier alpha value is -2.47. The number of benzene rings is 2. The zero-order valence-corrected chi connectivity index (χ0v) is 13.4. The molecule has 0 spiro atoms. The van der Waals surface area contributed by atoms with Gasteiger partial charge in [-0.2, -0.15) is 0 Å².